The van der Waals surface area contributed by atoms with Gasteiger partial charge in [-0.15, -0.1) is 11.3 Å². The van der Waals surface area contributed by atoms with E-state index in [2.05, 4.69) is 29.8 Å². The fraction of sp³-hybridized carbons (Fsp3) is 0.667. The molecule has 0 aliphatic carbocycles. The van der Waals surface area contributed by atoms with Crippen LogP contribution in [0.2, 0.25) is 0 Å². The van der Waals surface area contributed by atoms with E-state index < -0.39 is 0 Å². The van der Waals surface area contributed by atoms with Gasteiger partial charge in [-0.2, -0.15) is 0 Å². The van der Waals surface area contributed by atoms with Crippen LogP contribution in [0.25, 0.3) is 0 Å². The lowest BCUT2D eigenvalue weighted by molar-refractivity contribution is 0.0839. The van der Waals surface area contributed by atoms with E-state index in [9.17, 15) is 0 Å². The van der Waals surface area contributed by atoms with Gasteiger partial charge >= 0.3 is 0 Å². The van der Waals surface area contributed by atoms with Gasteiger partial charge in [-0.05, 0) is 37.6 Å². The van der Waals surface area contributed by atoms with Gasteiger partial charge in [-0.3, -0.25) is 0 Å². The molecule has 2 heterocycles. The second-order valence-corrected chi connectivity index (χ2v) is 5.16. The Morgan fingerprint density at radius 1 is 1.67 bits per heavy atom. The van der Waals surface area contributed by atoms with Crippen LogP contribution in [0.5, 0.6) is 0 Å². The number of nitrogens with one attached hydrogen (secondary N) is 1. The normalized spacial score (nSPS) is 23.1. The summed E-state index contributed by atoms with van der Waals surface area (Å²) < 4.78 is 5.64. The first-order chi connectivity index (χ1) is 7.36. The average Bonchev–Trinajstić information content (AvgIpc) is 2.90. The molecule has 3 heteroatoms. The molecule has 1 N–H and O–H groups in total. The molecule has 0 bridgehead atoms. The molecule has 1 aromatic rings. The molecule has 2 unspecified atom stereocenters. The summed E-state index contributed by atoms with van der Waals surface area (Å²) in [5.74, 6) is 0. The Bertz CT molecular complexity index is 267. The van der Waals surface area contributed by atoms with Crippen LogP contribution in [0, 0.1) is 0 Å². The van der Waals surface area contributed by atoms with Gasteiger partial charge in [0.05, 0.1) is 6.10 Å². The van der Waals surface area contributed by atoms with Gasteiger partial charge in [-0.1, -0.05) is 6.07 Å². The molecule has 0 spiro atoms. The van der Waals surface area contributed by atoms with Crippen molar-refractivity contribution in [3.8, 4) is 0 Å². The summed E-state index contributed by atoms with van der Waals surface area (Å²) in [6.07, 6.45) is 4.01. The maximum atomic E-state index is 5.64. The highest BCUT2D eigenvalue weighted by atomic mass is 32.1. The summed E-state index contributed by atoms with van der Waals surface area (Å²) in [6, 6.07) is 4.81. The van der Waals surface area contributed by atoms with E-state index in [0.717, 1.165) is 19.6 Å². The quantitative estimate of drug-likeness (QED) is 0.831. The number of hydrogen-bond acceptors (Lipinski definition) is 3. The third-order valence-electron chi connectivity index (χ3n) is 2.94. The van der Waals surface area contributed by atoms with Crippen molar-refractivity contribution < 1.29 is 4.74 Å². The van der Waals surface area contributed by atoms with E-state index >= 15 is 0 Å². The topological polar surface area (TPSA) is 21.3 Å². The van der Waals surface area contributed by atoms with E-state index in [1.807, 2.05) is 11.3 Å². The highest BCUT2D eigenvalue weighted by Crippen LogP contribution is 2.15. The van der Waals surface area contributed by atoms with Crippen LogP contribution in [0.3, 0.4) is 0 Å². The predicted molar refractivity (Wildman–Crippen MR) is 64.5 cm³/mol. The minimum absolute atomic E-state index is 0.438. The molecule has 2 nitrogen and oxygen atoms in total. The molecule has 1 aliphatic heterocycles. The van der Waals surface area contributed by atoms with Crippen molar-refractivity contribution in [1.82, 2.24) is 5.32 Å². The summed E-state index contributed by atoms with van der Waals surface area (Å²) in [5.41, 5.74) is 0. The van der Waals surface area contributed by atoms with Crippen LogP contribution in [0.15, 0.2) is 17.5 Å². The van der Waals surface area contributed by atoms with Crippen LogP contribution >= 0.6 is 11.3 Å². The Labute approximate surface area is 95.6 Å². The van der Waals surface area contributed by atoms with Crippen molar-refractivity contribution in [3.05, 3.63) is 22.4 Å². The van der Waals surface area contributed by atoms with Gasteiger partial charge in [0, 0.05) is 24.1 Å². The Kier molecular flexibility index (Phi) is 4.18. The number of rotatable bonds is 5. The molecule has 0 saturated carbocycles. The monoisotopic (exact) mass is 225 g/mol. The standard InChI is InChI=1S/C12H19NOS/c1-10(12-5-2-8-14-12)13-7-6-11-4-3-9-15-11/h3-4,9-10,12-13H,2,5-8H2,1H3. The van der Waals surface area contributed by atoms with Gasteiger partial charge in [0.1, 0.15) is 0 Å². The van der Waals surface area contributed by atoms with E-state index in [1.54, 1.807) is 0 Å². The number of hydrogen-bond donors (Lipinski definition) is 1. The van der Waals surface area contributed by atoms with E-state index in [0.29, 0.717) is 12.1 Å². The SMILES string of the molecule is CC(NCCc1cccs1)C1CCCO1. The largest absolute Gasteiger partial charge is 0.377 e. The lowest BCUT2D eigenvalue weighted by atomic mass is 10.1. The Hall–Kier alpha value is -0.380. The molecule has 1 aromatic heterocycles. The lowest BCUT2D eigenvalue weighted by Gasteiger charge is -2.19. The minimum Gasteiger partial charge on any atom is -0.377 e. The van der Waals surface area contributed by atoms with Crippen molar-refractivity contribution in [3.63, 3.8) is 0 Å². The van der Waals surface area contributed by atoms with Crippen molar-refractivity contribution in [2.75, 3.05) is 13.2 Å². The van der Waals surface area contributed by atoms with Crippen LogP contribution in [-0.4, -0.2) is 25.3 Å². The highest BCUT2D eigenvalue weighted by Gasteiger charge is 2.21. The molecule has 2 atom stereocenters. The first-order valence-corrected chi connectivity index (χ1v) is 6.61. The van der Waals surface area contributed by atoms with Gasteiger partial charge in [-0.25, -0.2) is 0 Å². The van der Waals surface area contributed by atoms with Gasteiger partial charge in [0.15, 0.2) is 0 Å². The molecule has 84 valence electrons. The second-order valence-electron chi connectivity index (χ2n) is 4.12. The third kappa shape index (κ3) is 3.30. The lowest BCUT2D eigenvalue weighted by Crippen LogP contribution is -2.37. The van der Waals surface area contributed by atoms with Gasteiger partial charge < -0.3 is 10.1 Å². The zero-order valence-corrected chi connectivity index (χ0v) is 10.1. The summed E-state index contributed by atoms with van der Waals surface area (Å²) in [7, 11) is 0. The van der Waals surface area contributed by atoms with Gasteiger partial charge in [0.2, 0.25) is 0 Å². The summed E-state index contributed by atoms with van der Waals surface area (Å²) in [6.45, 7) is 4.23. The molecule has 2 rings (SSSR count). The summed E-state index contributed by atoms with van der Waals surface area (Å²) in [5, 5.41) is 5.68. The maximum absolute atomic E-state index is 5.64. The average molecular weight is 225 g/mol. The van der Waals surface area contributed by atoms with E-state index in [1.165, 1.54) is 17.7 Å². The maximum Gasteiger partial charge on any atom is 0.0726 e. The summed E-state index contributed by atoms with van der Waals surface area (Å²) in [4.78, 5) is 1.46. The van der Waals surface area contributed by atoms with Crippen molar-refractivity contribution in [2.45, 2.75) is 38.3 Å². The fourth-order valence-electron chi connectivity index (χ4n) is 2.01. The Morgan fingerprint density at radius 3 is 3.27 bits per heavy atom. The van der Waals surface area contributed by atoms with Crippen LogP contribution in [0.4, 0.5) is 0 Å². The van der Waals surface area contributed by atoms with Crippen molar-refractivity contribution >= 4 is 11.3 Å². The molecule has 1 aliphatic rings. The molecule has 0 radical (unpaired) electrons. The zero-order chi connectivity index (χ0) is 10.5. The molecular formula is C12H19NOS. The van der Waals surface area contributed by atoms with Crippen LogP contribution in [0.1, 0.15) is 24.6 Å². The number of thiophene rings is 1. The molecule has 1 saturated heterocycles. The van der Waals surface area contributed by atoms with Gasteiger partial charge in [0.25, 0.3) is 0 Å². The van der Waals surface area contributed by atoms with E-state index in [4.69, 9.17) is 4.74 Å². The van der Waals surface area contributed by atoms with Crippen molar-refractivity contribution in [1.29, 1.82) is 0 Å². The Morgan fingerprint density at radius 2 is 2.60 bits per heavy atom. The molecule has 15 heavy (non-hydrogen) atoms. The third-order valence-corrected chi connectivity index (χ3v) is 3.88. The number of ether oxygens (including phenoxy) is 1. The second kappa shape index (κ2) is 5.64. The molecule has 0 aromatic carbocycles. The van der Waals surface area contributed by atoms with Crippen LogP contribution in [-0.2, 0) is 11.2 Å². The summed E-state index contributed by atoms with van der Waals surface area (Å²) >= 11 is 1.84. The minimum atomic E-state index is 0.438. The first kappa shape index (κ1) is 11.1. The molecule has 0 amide bonds. The smallest absolute Gasteiger partial charge is 0.0726 e. The zero-order valence-electron chi connectivity index (χ0n) is 9.24. The fourth-order valence-corrected chi connectivity index (χ4v) is 2.72. The Balaban J connectivity index is 1.64. The highest BCUT2D eigenvalue weighted by molar-refractivity contribution is 7.09. The predicted octanol–water partition coefficient (Wildman–Crippen LogP) is 2.45. The van der Waals surface area contributed by atoms with E-state index in [-0.39, 0.29) is 0 Å². The first-order valence-electron chi connectivity index (χ1n) is 5.73. The van der Waals surface area contributed by atoms with Crippen LogP contribution < -0.4 is 5.32 Å². The van der Waals surface area contributed by atoms with Crippen molar-refractivity contribution in [2.24, 2.45) is 0 Å². The molecule has 1 fully saturated rings. The molecular weight excluding hydrogens is 206 g/mol.